The maximum atomic E-state index is 10.4. The Morgan fingerprint density at radius 3 is 1.41 bits per heavy atom. The molecule has 0 bridgehead atoms. The first-order valence-corrected chi connectivity index (χ1v) is 15.3. The van der Waals surface area contributed by atoms with E-state index < -0.39 is 79.7 Å². The Morgan fingerprint density at radius 2 is 1.02 bits per heavy atom. The smallest absolute Gasteiger partial charge is 0.147 e. The number of benzene rings is 2. The highest BCUT2D eigenvalue weighted by atomic mass is 16.5. The molecule has 2 fully saturated rings. The molecule has 2 aromatic rings. The molecule has 0 radical (unpaired) electrons. The van der Waals surface area contributed by atoms with Gasteiger partial charge >= 0.3 is 0 Å². The second-order valence-electron chi connectivity index (χ2n) is 11.9. The molecule has 12 heteroatoms. The van der Waals surface area contributed by atoms with E-state index in [4.69, 9.17) is 9.47 Å². The van der Waals surface area contributed by atoms with Crippen LogP contribution in [0.15, 0.2) is 36.4 Å². The van der Waals surface area contributed by atoms with Gasteiger partial charge in [-0.25, -0.2) is 0 Å². The third kappa shape index (κ3) is 6.33. The zero-order valence-electron chi connectivity index (χ0n) is 25.0. The van der Waals surface area contributed by atoms with Gasteiger partial charge in [-0.05, 0) is 65.8 Å². The van der Waals surface area contributed by atoms with E-state index in [1.165, 1.54) is 0 Å². The van der Waals surface area contributed by atoms with Crippen molar-refractivity contribution < 1.29 is 60.5 Å². The predicted molar refractivity (Wildman–Crippen MR) is 162 cm³/mol. The lowest BCUT2D eigenvalue weighted by Gasteiger charge is -2.37. The lowest BCUT2D eigenvalue weighted by molar-refractivity contribution is -0.214. The highest BCUT2D eigenvalue weighted by Gasteiger charge is 2.45. The van der Waals surface area contributed by atoms with Gasteiger partial charge < -0.3 is 60.5 Å². The van der Waals surface area contributed by atoms with E-state index in [1.54, 1.807) is 12.1 Å². The van der Waals surface area contributed by atoms with Crippen LogP contribution in [0.25, 0.3) is 11.1 Å². The molecule has 248 valence electrons. The summed E-state index contributed by atoms with van der Waals surface area (Å²) < 4.78 is 11.0. The first-order chi connectivity index (χ1) is 22.1. The Kier molecular flexibility index (Phi) is 10.8. The van der Waals surface area contributed by atoms with Crippen LogP contribution in [-0.4, -0.2) is 139 Å². The fourth-order valence-electron chi connectivity index (χ4n) is 6.64. The molecule has 3 aliphatic rings. The SMILES string of the molecule is OCCCC1(CCO)c2cc(C#C[C@H]3O[C@H](CO)[C@@H](O)[C@H](O)[C@@H]3O)ccc2-c2ccc(C#C[C@H]3O[C@H](CO)[C@@H](O)[C@H](O)[C@@H]3O)cc21. The molecular weight excluding hydrogens is 600 g/mol. The van der Waals surface area contributed by atoms with Gasteiger partial charge in [-0.15, -0.1) is 0 Å². The molecule has 10 atom stereocenters. The molecule has 0 saturated carbocycles. The summed E-state index contributed by atoms with van der Waals surface area (Å²) in [5, 5.41) is 100. The predicted octanol–water partition coefficient (Wildman–Crippen LogP) is -2.50. The van der Waals surface area contributed by atoms with E-state index in [0.717, 1.165) is 22.3 Å². The van der Waals surface area contributed by atoms with Crippen LogP contribution >= 0.6 is 0 Å². The van der Waals surface area contributed by atoms with Crippen molar-refractivity contribution in [1.82, 2.24) is 0 Å². The van der Waals surface area contributed by atoms with Crippen LogP contribution in [0.3, 0.4) is 0 Å². The van der Waals surface area contributed by atoms with Crippen molar-refractivity contribution in [2.45, 2.75) is 85.7 Å². The van der Waals surface area contributed by atoms with Gasteiger partial charge in [0.2, 0.25) is 0 Å². The number of fused-ring (bicyclic) bond motifs is 3. The van der Waals surface area contributed by atoms with Crippen LogP contribution in [0.5, 0.6) is 0 Å². The molecule has 46 heavy (non-hydrogen) atoms. The Balaban J connectivity index is 1.50. The standard InChI is InChI=1S/C34H40O12/c35-12-1-10-34(11-13-36)22-14-18(4-8-24-28(39)32(43)30(41)26(16-37)45-24)2-6-20(22)21-7-3-19(15-23(21)34)5-9-25-29(40)33(44)31(42)27(17-38)46-25/h2-3,6-7,14-15,24-33,35-44H,1,10-13,16-17H2/t24-,25-,26-,27-,28-,29-,30-,31-,32-,33-/m1/s1. The van der Waals surface area contributed by atoms with E-state index in [0.29, 0.717) is 30.4 Å². The van der Waals surface area contributed by atoms with Gasteiger partial charge in [0.25, 0.3) is 0 Å². The third-order valence-electron chi connectivity index (χ3n) is 9.16. The van der Waals surface area contributed by atoms with Crippen molar-refractivity contribution >= 4 is 0 Å². The zero-order chi connectivity index (χ0) is 33.2. The Hall–Kier alpha value is -2.92. The number of ether oxygens (including phenoxy) is 2. The molecule has 0 aromatic heterocycles. The molecule has 2 heterocycles. The van der Waals surface area contributed by atoms with Crippen molar-refractivity contribution in [2.24, 2.45) is 0 Å². The van der Waals surface area contributed by atoms with Gasteiger partial charge in [0.05, 0.1) is 13.2 Å². The molecule has 0 spiro atoms. The molecule has 2 aliphatic heterocycles. The van der Waals surface area contributed by atoms with Crippen LogP contribution in [-0.2, 0) is 14.9 Å². The Morgan fingerprint density at radius 1 is 0.565 bits per heavy atom. The number of hydrogen-bond acceptors (Lipinski definition) is 12. The van der Waals surface area contributed by atoms with Crippen LogP contribution in [0.4, 0.5) is 0 Å². The van der Waals surface area contributed by atoms with Gasteiger partial charge in [-0.3, -0.25) is 0 Å². The van der Waals surface area contributed by atoms with Gasteiger partial charge in [0, 0.05) is 29.8 Å². The fourth-order valence-corrected chi connectivity index (χ4v) is 6.64. The van der Waals surface area contributed by atoms with Gasteiger partial charge in [0.1, 0.15) is 61.0 Å². The minimum Gasteiger partial charge on any atom is -0.396 e. The van der Waals surface area contributed by atoms with Crippen LogP contribution in [0.2, 0.25) is 0 Å². The molecule has 2 aromatic carbocycles. The van der Waals surface area contributed by atoms with E-state index >= 15 is 0 Å². The second kappa shape index (κ2) is 14.5. The summed E-state index contributed by atoms with van der Waals surface area (Å²) >= 11 is 0. The number of hydrogen-bond donors (Lipinski definition) is 10. The van der Waals surface area contributed by atoms with Crippen molar-refractivity contribution in [2.75, 3.05) is 26.4 Å². The molecule has 2 saturated heterocycles. The second-order valence-corrected chi connectivity index (χ2v) is 11.9. The molecule has 10 N–H and O–H groups in total. The Bertz CT molecular complexity index is 1400. The monoisotopic (exact) mass is 640 g/mol. The topological polar surface area (TPSA) is 221 Å². The third-order valence-corrected chi connectivity index (χ3v) is 9.16. The zero-order valence-corrected chi connectivity index (χ0v) is 25.0. The maximum Gasteiger partial charge on any atom is 0.147 e. The summed E-state index contributed by atoms with van der Waals surface area (Å²) in [7, 11) is 0. The van der Waals surface area contributed by atoms with Gasteiger partial charge in [0.15, 0.2) is 0 Å². The van der Waals surface area contributed by atoms with Crippen LogP contribution in [0.1, 0.15) is 41.5 Å². The summed E-state index contributed by atoms with van der Waals surface area (Å²) in [5.41, 5.74) is 3.90. The molecule has 0 amide bonds. The largest absolute Gasteiger partial charge is 0.396 e. The highest BCUT2D eigenvalue weighted by Crippen LogP contribution is 2.53. The molecule has 0 unspecified atom stereocenters. The number of aliphatic hydroxyl groups is 10. The van der Waals surface area contributed by atoms with Crippen molar-refractivity contribution in [3.63, 3.8) is 0 Å². The summed E-state index contributed by atoms with van der Waals surface area (Å²) in [4.78, 5) is 0. The lowest BCUT2D eigenvalue weighted by atomic mass is 9.71. The van der Waals surface area contributed by atoms with Crippen molar-refractivity contribution in [1.29, 1.82) is 0 Å². The minimum atomic E-state index is -1.55. The van der Waals surface area contributed by atoms with Crippen molar-refractivity contribution in [3.8, 4) is 34.8 Å². The van der Waals surface area contributed by atoms with E-state index in [9.17, 15) is 51.1 Å². The summed E-state index contributed by atoms with van der Waals surface area (Å²) in [5.74, 6) is 11.5. The lowest BCUT2D eigenvalue weighted by Crippen LogP contribution is -2.58. The highest BCUT2D eigenvalue weighted by molar-refractivity contribution is 5.82. The molecule has 5 rings (SSSR count). The van der Waals surface area contributed by atoms with Crippen LogP contribution < -0.4 is 0 Å². The van der Waals surface area contributed by atoms with E-state index in [2.05, 4.69) is 23.7 Å². The summed E-state index contributed by atoms with van der Waals surface area (Å²) in [6.07, 6.45) is -12.3. The average molecular weight is 641 g/mol. The molecular formula is C34H40O12. The van der Waals surface area contributed by atoms with E-state index in [-0.39, 0.29) is 13.2 Å². The normalized spacial score (nSPS) is 32.8. The van der Waals surface area contributed by atoms with Crippen molar-refractivity contribution in [3.05, 3.63) is 58.7 Å². The Labute approximate surface area is 266 Å². The van der Waals surface area contributed by atoms with Gasteiger partial charge in [-0.1, -0.05) is 35.8 Å². The van der Waals surface area contributed by atoms with Crippen LogP contribution in [0, 0.1) is 23.7 Å². The minimum absolute atomic E-state index is 0.0783. The number of rotatable bonds is 7. The van der Waals surface area contributed by atoms with E-state index in [1.807, 2.05) is 24.3 Å². The average Bonchev–Trinajstić information content (AvgIpc) is 3.32. The first-order valence-electron chi connectivity index (χ1n) is 15.3. The van der Waals surface area contributed by atoms with Gasteiger partial charge in [-0.2, -0.15) is 0 Å². The summed E-state index contributed by atoms with van der Waals surface area (Å²) in [6, 6.07) is 11.1. The maximum absolute atomic E-state index is 10.4. The molecule has 1 aliphatic carbocycles. The summed E-state index contributed by atoms with van der Waals surface area (Å²) in [6.45, 7) is -1.37. The number of aliphatic hydroxyl groups excluding tert-OH is 10. The fraction of sp³-hybridized carbons (Fsp3) is 0.529. The first kappa shape index (κ1) is 34.4. The molecule has 12 nitrogen and oxygen atoms in total. The quantitative estimate of drug-likeness (QED) is 0.142.